The molecule has 1 heterocycles. The van der Waals surface area contributed by atoms with Crippen LogP contribution < -0.4 is 4.74 Å². The number of rotatable bonds is 4. The molecule has 0 unspecified atom stereocenters. The van der Waals surface area contributed by atoms with Crippen molar-refractivity contribution in [1.82, 2.24) is 4.90 Å². The summed E-state index contributed by atoms with van der Waals surface area (Å²) >= 11 is 3.24. The van der Waals surface area contributed by atoms with Gasteiger partial charge in [-0.25, -0.2) is 0 Å². The van der Waals surface area contributed by atoms with Crippen LogP contribution in [0.2, 0.25) is 0 Å². The molecule has 26 heavy (non-hydrogen) atoms. The van der Waals surface area contributed by atoms with Gasteiger partial charge >= 0.3 is 6.18 Å². The van der Waals surface area contributed by atoms with Crippen molar-refractivity contribution < 1.29 is 27.8 Å². The number of phenolic OH excluding ortho intramolecular Hbond substituents is 1. The van der Waals surface area contributed by atoms with Crippen LogP contribution in [-0.2, 0) is 19.1 Å². The molecule has 0 radical (unpaired) electrons. The normalized spacial score (nSPS) is 13.9. The van der Waals surface area contributed by atoms with E-state index in [4.69, 9.17) is 4.74 Å². The molecule has 0 aliphatic carbocycles. The fourth-order valence-corrected chi connectivity index (χ4v) is 3.41. The lowest BCUT2D eigenvalue weighted by Crippen LogP contribution is -2.26. The van der Waals surface area contributed by atoms with E-state index in [1.807, 2.05) is 0 Å². The van der Waals surface area contributed by atoms with Crippen LogP contribution in [-0.4, -0.2) is 29.6 Å². The third-order valence-corrected chi connectivity index (χ3v) is 5.12. The zero-order chi connectivity index (χ0) is 19.1. The number of carbonyl (C=O) groups is 1. The maximum absolute atomic E-state index is 12.6. The number of carbonyl (C=O) groups excluding carboxylic acids is 1. The highest BCUT2D eigenvalue weighted by atomic mass is 79.9. The monoisotopic (exact) mass is 429 g/mol. The van der Waals surface area contributed by atoms with E-state index < -0.39 is 11.7 Å². The Morgan fingerprint density at radius 1 is 1.27 bits per heavy atom. The number of benzene rings is 2. The van der Waals surface area contributed by atoms with Crippen LogP contribution in [0, 0.1) is 0 Å². The topological polar surface area (TPSA) is 49.8 Å². The van der Waals surface area contributed by atoms with Crippen molar-refractivity contribution in [2.45, 2.75) is 19.1 Å². The van der Waals surface area contributed by atoms with Gasteiger partial charge in [0, 0.05) is 12.1 Å². The molecule has 8 heteroatoms. The second-order valence-electron chi connectivity index (χ2n) is 5.94. The zero-order valence-corrected chi connectivity index (χ0v) is 15.3. The third kappa shape index (κ3) is 3.38. The molecule has 1 aliphatic heterocycles. The third-order valence-electron chi connectivity index (χ3n) is 4.35. The van der Waals surface area contributed by atoms with Crippen molar-refractivity contribution >= 4 is 21.8 Å². The van der Waals surface area contributed by atoms with Gasteiger partial charge in [0.1, 0.15) is 16.0 Å². The average molecular weight is 430 g/mol. The number of aromatic hydroxyl groups is 1. The van der Waals surface area contributed by atoms with Gasteiger partial charge in [0.15, 0.2) is 0 Å². The lowest BCUT2D eigenvalue weighted by atomic mass is 10.1. The largest absolute Gasteiger partial charge is 0.506 e. The summed E-state index contributed by atoms with van der Waals surface area (Å²) < 4.78 is 43.3. The molecular formula is C18H15BrF3NO3. The van der Waals surface area contributed by atoms with E-state index in [0.29, 0.717) is 39.9 Å². The standard InChI is InChI=1S/C18H15BrF3NO3/c1-26-14-8-12-13(16(24)15(14)19)9-23(17(12)25)7-6-10-2-4-11(5-3-10)18(20,21)22/h2-5,8,24H,6-7,9H2,1H3. The molecule has 0 saturated heterocycles. The van der Waals surface area contributed by atoms with Gasteiger partial charge in [-0.05, 0) is 46.1 Å². The lowest BCUT2D eigenvalue weighted by molar-refractivity contribution is -0.137. The molecule has 3 rings (SSSR count). The minimum absolute atomic E-state index is 0.0373. The number of halogens is 4. The molecule has 0 fully saturated rings. The first-order valence-corrected chi connectivity index (χ1v) is 8.55. The first-order chi connectivity index (χ1) is 12.2. The Labute approximate surface area is 156 Å². The first-order valence-electron chi connectivity index (χ1n) is 7.76. The molecule has 1 N–H and O–H groups in total. The molecule has 2 aromatic carbocycles. The van der Waals surface area contributed by atoms with Gasteiger partial charge < -0.3 is 14.7 Å². The van der Waals surface area contributed by atoms with Crippen molar-refractivity contribution in [3.05, 3.63) is 57.1 Å². The molecule has 0 saturated carbocycles. The summed E-state index contributed by atoms with van der Waals surface area (Å²) in [4.78, 5) is 14.1. The molecule has 0 spiro atoms. The van der Waals surface area contributed by atoms with E-state index in [1.165, 1.54) is 19.2 Å². The molecular weight excluding hydrogens is 415 g/mol. The Morgan fingerprint density at radius 2 is 1.92 bits per heavy atom. The number of phenols is 1. The predicted octanol–water partition coefficient (Wildman–Crippen LogP) is 4.38. The Balaban J connectivity index is 1.72. The maximum Gasteiger partial charge on any atom is 0.416 e. The van der Waals surface area contributed by atoms with E-state index >= 15 is 0 Å². The number of alkyl halides is 3. The van der Waals surface area contributed by atoms with E-state index in [2.05, 4.69) is 15.9 Å². The van der Waals surface area contributed by atoms with Crippen molar-refractivity contribution in [2.24, 2.45) is 0 Å². The van der Waals surface area contributed by atoms with Gasteiger partial charge in [-0.2, -0.15) is 13.2 Å². The number of amides is 1. The molecule has 0 bridgehead atoms. The first kappa shape index (κ1) is 18.6. The minimum Gasteiger partial charge on any atom is -0.506 e. The number of nitrogens with zero attached hydrogens (tertiary/aromatic N) is 1. The highest BCUT2D eigenvalue weighted by molar-refractivity contribution is 9.10. The molecule has 4 nitrogen and oxygen atoms in total. The SMILES string of the molecule is COc1cc2c(c(O)c1Br)CN(CCc1ccc(C(F)(F)F)cc1)C2=O. The van der Waals surface area contributed by atoms with Crippen LogP contribution in [0.4, 0.5) is 13.2 Å². The summed E-state index contributed by atoms with van der Waals surface area (Å²) in [6.45, 7) is 0.571. The van der Waals surface area contributed by atoms with Crippen LogP contribution in [0.5, 0.6) is 11.5 Å². The Morgan fingerprint density at radius 3 is 2.50 bits per heavy atom. The molecule has 0 atom stereocenters. The van der Waals surface area contributed by atoms with Crippen LogP contribution in [0.25, 0.3) is 0 Å². The summed E-state index contributed by atoms with van der Waals surface area (Å²) in [5.74, 6) is 0.0805. The second-order valence-corrected chi connectivity index (χ2v) is 6.73. The van der Waals surface area contributed by atoms with Crippen molar-refractivity contribution in [1.29, 1.82) is 0 Å². The van der Waals surface area contributed by atoms with Gasteiger partial charge in [0.25, 0.3) is 5.91 Å². The number of hydrogen-bond donors (Lipinski definition) is 1. The van der Waals surface area contributed by atoms with E-state index in [0.717, 1.165) is 12.1 Å². The summed E-state index contributed by atoms with van der Waals surface area (Å²) in [5, 5.41) is 10.2. The van der Waals surface area contributed by atoms with Gasteiger partial charge in [-0.15, -0.1) is 0 Å². The summed E-state index contributed by atoms with van der Waals surface area (Å²) in [6.07, 6.45) is -3.95. The van der Waals surface area contributed by atoms with Gasteiger partial charge in [-0.3, -0.25) is 4.79 Å². The molecule has 138 valence electrons. The second kappa shape index (κ2) is 6.83. The predicted molar refractivity (Wildman–Crippen MR) is 92.2 cm³/mol. The summed E-state index contributed by atoms with van der Waals surface area (Å²) in [5.41, 5.74) is 0.877. The van der Waals surface area contributed by atoms with Crippen LogP contribution in [0.3, 0.4) is 0 Å². The molecule has 0 aromatic heterocycles. The van der Waals surface area contributed by atoms with Crippen LogP contribution in [0.15, 0.2) is 34.8 Å². The smallest absolute Gasteiger partial charge is 0.416 e. The lowest BCUT2D eigenvalue weighted by Gasteiger charge is -2.15. The van der Waals surface area contributed by atoms with Crippen molar-refractivity contribution in [3.8, 4) is 11.5 Å². The number of ether oxygens (including phenoxy) is 1. The van der Waals surface area contributed by atoms with E-state index in [-0.39, 0.29) is 18.2 Å². The Kier molecular flexibility index (Phi) is 4.88. The number of methoxy groups -OCH3 is 1. The van der Waals surface area contributed by atoms with Crippen LogP contribution in [0.1, 0.15) is 27.0 Å². The van der Waals surface area contributed by atoms with Crippen molar-refractivity contribution in [3.63, 3.8) is 0 Å². The summed E-state index contributed by atoms with van der Waals surface area (Å²) in [7, 11) is 1.44. The van der Waals surface area contributed by atoms with Gasteiger partial charge in [0.2, 0.25) is 0 Å². The maximum atomic E-state index is 12.6. The van der Waals surface area contributed by atoms with Crippen LogP contribution >= 0.6 is 15.9 Å². The number of fused-ring (bicyclic) bond motifs is 1. The Hall–Kier alpha value is -2.22. The highest BCUT2D eigenvalue weighted by Gasteiger charge is 2.32. The number of hydrogen-bond acceptors (Lipinski definition) is 3. The fraction of sp³-hybridized carbons (Fsp3) is 0.278. The van der Waals surface area contributed by atoms with Gasteiger partial charge in [-0.1, -0.05) is 12.1 Å². The van der Waals surface area contributed by atoms with Gasteiger partial charge in [0.05, 0.1) is 24.8 Å². The minimum atomic E-state index is -4.37. The summed E-state index contributed by atoms with van der Waals surface area (Å²) in [6, 6.07) is 6.45. The average Bonchev–Trinajstić information content (AvgIpc) is 2.92. The fourth-order valence-electron chi connectivity index (χ4n) is 2.90. The van der Waals surface area contributed by atoms with Crippen molar-refractivity contribution in [2.75, 3.05) is 13.7 Å². The Bertz CT molecular complexity index is 850. The van der Waals surface area contributed by atoms with E-state index in [1.54, 1.807) is 11.0 Å². The highest BCUT2D eigenvalue weighted by Crippen LogP contribution is 2.42. The quantitative estimate of drug-likeness (QED) is 0.784. The van der Waals surface area contributed by atoms with E-state index in [9.17, 15) is 23.1 Å². The molecule has 2 aromatic rings. The molecule has 1 aliphatic rings. The molecule has 1 amide bonds. The zero-order valence-electron chi connectivity index (χ0n) is 13.7.